The molecular formula is C8H9NOS. The van der Waals surface area contributed by atoms with Gasteiger partial charge in [-0.05, 0) is 25.3 Å². The summed E-state index contributed by atoms with van der Waals surface area (Å²) >= 11 is 1.64. The fourth-order valence-corrected chi connectivity index (χ4v) is 2.35. The summed E-state index contributed by atoms with van der Waals surface area (Å²) in [6.45, 7) is 4.04. The lowest BCUT2D eigenvalue weighted by Gasteiger charge is -2.16. The fraction of sp³-hybridized carbons (Fsp3) is 0.375. The third-order valence-corrected chi connectivity index (χ3v) is 3.14. The molecule has 58 valence electrons. The Bertz CT molecular complexity index is 314. The maximum absolute atomic E-state index is 11.2. The molecule has 0 spiro atoms. The van der Waals surface area contributed by atoms with E-state index in [4.69, 9.17) is 0 Å². The van der Waals surface area contributed by atoms with E-state index in [1.54, 1.807) is 11.3 Å². The molecule has 0 radical (unpaired) electrons. The zero-order chi connectivity index (χ0) is 8.06. The van der Waals surface area contributed by atoms with Crippen LogP contribution in [0.15, 0.2) is 11.4 Å². The van der Waals surface area contributed by atoms with E-state index in [1.807, 2.05) is 25.3 Å². The smallest absolute Gasteiger partial charge is 0.253 e. The van der Waals surface area contributed by atoms with Crippen LogP contribution in [0.5, 0.6) is 0 Å². The lowest BCUT2D eigenvalue weighted by molar-refractivity contribution is 0.0940. The van der Waals surface area contributed by atoms with E-state index in [2.05, 4.69) is 5.32 Å². The quantitative estimate of drug-likeness (QED) is 0.626. The number of amides is 1. The summed E-state index contributed by atoms with van der Waals surface area (Å²) in [6, 6.07) is 1.88. The lowest BCUT2D eigenvalue weighted by Crippen LogP contribution is -2.32. The fourth-order valence-electron chi connectivity index (χ4n) is 1.38. The second-order valence-corrected chi connectivity index (χ2v) is 4.16. The molecule has 2 nitrogen and oxygen atoms in total. The first-order valence-corrected chi connectivity index (χ1v) is 4.40. The standard InChI is InChI=1S/C8H9NOS/c1-8(2)6-5(3-4-11-6)7(10)9-8/h3-4H,1-2H3,(H,9,10). The third kappa shape index (κ3) is 0.807. The minimum atomic E-state index is -0.152. The van der Waals surface area contributed by atoms with Crippen molar-refractivity contribution in [1.82, 2.24) is 5.32 Å². The van der Waals surface area contributed by atoms with Gasteiger partial charge in [0, 0.05) is 4.88 Å². The third-order valence-electron chi connectivity index (χ3n) is 1.90. The van der Waals surface area contributed by atoms with Gasteiger partial charge in [0.2, 0.25) is 0 Å². The number of fused-ring (bicyclic) bond motifs is 1. The van der Waals surface area contributed by atoms with E-state index < -0.39 is 0 Å². The number of nitrogens with one attached hydrogen (secondary N) is 1. The normalized spacial score (nSPS) is 19.6. The molecule has 11 heavy (non-hydrogen) atoms. The van der Waals surface area contributed by atoms with Crippen LogP contribution in [-0.4, -0.2) is 5.91 Å². The number of carbonyl (C=O) groups is 1. The van der Waals surface area contributed by atoms with Crippen molar-refractivity contribution in [2.24, 2.45) is 0 Å². The molecule has 1 aliphatic rings. The first-order chi connectivity index (χ1) is 5.11. The predicted molar refractivity (Wildman–Crippen MR) is 44.8 cm³/mol. The summed E-state index contributed by atoms with van der Waals surface area (Å²) in [5.41, 5.74) is 0.695. The van der Waals surface area contributed by atoms with Crippen molar-refractivity contribution in [3.63, 3.8) is 0 Å². The van der Waals surface area contributed by atoms with Crippen LogP contribution < -0.4 is 5.32 Å². The van der Waals surface area contributed by atoms with E-state index in [9.17, 15) is 4.79 Å². The number of hydrogen-bond donors (Lipinski definition) is 1. The van der Waals surface area contributed by atoms with Crippen LogP contribution in [0.25, 0.3) is 0 Å². The van der Waals surface area contributed by atoms with Crippen molar-refractivity contribution < 1.29 is 4.79 Å². The molecule has 3 heteroatoms. The molecule has 0 saturated carbocycles. The van der Waals surface area contributed by atoms with Gasteiger partial charge in [0.05, 0.1) is 11.1 Å². The van der Waals surface area contributed by atoms with Crippen molar-refractivity contribution in [2.45, 2.75) is 19.4 Å². The van der Waals surface area contributed by atoms with E-state index in [-0.39, 0.29) is 11.4 Å². The molecule has 0 unspecified atom stereocenters. The van der Waals surface area contributed by atoms with Crippen LogP contribution >= 0.6 is 11.3 Å². The van der Waals surface area contributed by atoms with E-state index in [0.29, 0.717) is 0 Å². The maximum Gasteiger partial charge on any atom is 0.253 e. The number of hydrogen-bond acceptors (Lipinski definition) is 2. The van der Waals surface area contributed by atoms with E-state index in [0.717, 1.165) is 10.4 Å². The van der Waals surface area contributed by atoms with Crippen molar-refractivity contribution in [1.29, 1.82) is 0 Å². The molecule has 1 aromatic heterocycles. The van der Waals surface area contributed by atoms with Crippen LogP contribution in [0.3, 0.4) is 0 Å². The van der Waals surface area contributed by atoms with Gasteiger partial charge >= 0.3 is 0 Å². The Morgan fingerprint density at radius 3 is 2.91 bits per heavy atom. The molecule has 0 atom stereocenters. The average molecular weight is 167 g/mol. The average Bonchev–Trinajstić information content (AvgIpc) is 2.37. The molecule has 2 heterocycles. The highest BCUT2D eigenvalue weighted by Gasteiger charge is 2.35. The second-order valence-electron chi connectivity index (χ2n) is 3.24. The molecule has 1 amide bonds. The predicted octanol–water partition coefficient (Wildman–Crippen LogP) is 1.73. The van der Waals surface area contributed by atoms with Crippen LogP contribution in [0, 0.1) is 0 Å². The number of carbonyl (C=O) groups excluding carboxylic acids is 1. The Kier molecular flexibility index (Phi) is 1.16. The molecule has 0 aliphatic carbocycles. The van der Waals surface area contributed by atoms with Crippen LogP contribution in [-0.2, 0) is 5.54 Å². The van der Waals surface area contributed by atoms with Gasteiger partial charge in [0.1, 0.15) is 0 Å². The minimum absolute atomic E-state index is 0.0613. The zero-order valence-electron chi connectivity index (χ0n) is 6.47. The summed E-state index contributed by atoms with van der Waals surface area (Å²) in [5.74, 6) is 0.0613. The Morgan fingerprint density at radius 2 is 2.27 bits per heavy atom. The van der Waals surface area contributed by atoms with Gasteiger partial charge in [-0.3, -0.25) is 4.79 Å². The monoisotopic (exact) mass is 167 g/mol. The molecule has 0 aromatic carbocycles. The van der Waals surface area contributed by atoms with Crippen molar-refractivity contribution >= 4 is 17.2 Å². The lowest BCUT2D eigenvalue weighted by atomic mass is 10.1. The molecule has 1 aliphatic heterocycles. The Labute approximate surface area is 69.2 Å². The highest BCUT2D eigenvalue weighted by atomic mass is 32.1. The Balaban J connectivity index is 2.63. The molecular weight excluding hydrogens is 158 g/mol. The zero-order valence-corrected chi connectivity index (χ0v) is 7.29. The molecule has 2 rings (SSSR count). The van der Waals surface area contributed by atoms with Gasteiger partial charge in [-0.15, -0.1) is 11.3 Å². The molecule has 0 saturated heterocycles. The van der Waals surface area contributed by atoms with E-state index in [1.165, 1.54) is 0 Å². The van der Waals surface area contributed by atoms with Crippen LogP contribution in [0.4, 0.5) is 0 Å². The summed E-state index contributed by atoms with van der Waals surface area (Å²) in [6.07, 6.45) is 0. The molecule has 1 N–H and O–H groups in total. The van der Waals surface area contributed by atoms with Crippen molar-refractivity contribution in [3.8, 4) is 0 Å². The largest absolute Gasteiger partial charge is 0.342 e. The minimum Gasteiger partial charge on any atom is -0.342 e. The number of rotatable bonds is 0. The van der Waals surface area contributed by atoms with Gasteiger partial charge in [0.15, 0.2) is 0 Å². The van der Waals surface area contributed by atoms with Crippen LogP contribution in [0.1, 0.15) is 29.1 Å². The summed E-state index contributed by atoms with van der Waals surface area (Å²) in [5, 5.41) is 4.87. The van der Waals surface area contributed by atoms with Gasteiger partial charge < -0.3 is 5.32 Å². The number of thiophene rings is 1. The molecule has 0 fully saturated rings. The Hall–Kier alpha value is -0.830. The topological polar surface area (TPSA) is 29.1 Å². The maximum atomic E-state index is 11.2. The SMILES string of the molecule is CC1(C)NC(=O)c2ccsc21. The highest BCUT2D eigenvalue weighted by Crippen LogP contribution is 2.34. The van der Waals surface area contributed by atoms with Gasteiger partial charge in [-0.2, -0.15) is 0 Å². The molecule has 1 aromatic rings. The van der Waals surface area contributed by atoms with E-state index >= 15 is 0 Å². The summed E-state index contributed by atoms with van der Waals surface area (Å²) < 4.78 is 0. The first-order valence-electron chi connectivity index (χ1n) is 3.52. The van der Waals surface area contributed by atoms with Crippen molar-refractivity contribution in [2.75, 3.05) is 0 Å². The van der Waals surface area contributed by atoms with Crippen molar-refractivity contribution in [3.05, 3.63) is 21.9 Å². The summed E-state index contributed by atoms with van der Waals surface area (Å²) in [7, 11) is 0. The van der Waals surface area contributed by atoms with Gasteiger partial charge in [-0.1, -0.05) is 0 Å². The summed E-state index contributed by atoms with van der Waals surface area (Å²) in [4.78, 5) is 12.4. The van der Waals surface area contributed by atoms with Gasteiger partial charge in [-0.25, -0.2) is 0 Å². The first kappa shape index (κ1) is 6.85. The highest BCUT2D eigenvalue weighted by molar-refractivity contribution is 7.10. The van der Waals surface area contributed by atoms with Crippen LogP contribution in [0.2, 0.25) is 0 Å². The van der Waals surface area contributed by atoms with Gasteiger partial charge in [0.25, 0.3) is 5.91 Å². The second kappa shape index (κ2) is 1.85. The Morgan fingerprint density at radius 1 is 1.55 bits per heavy atom. The molecule has 0 bridgehead atoms.